The number of rotatable bonds is 3. The first-order valence-electron chi connectivity index (χ1n) is 2.64. The van der Waals surface area contributed by atoms with Crippen LogP contribution < -0.4 is 5.73 Å². The Morgan fingerprint density at radius 2 is 2.20 bits per heavy atom. The molecule has 0 aromatic heterocycles. The van der Waals surface area contributed by atoms with Crippen LogP contribution in [-0.2, 0) is 0 Å². The fourth-order valence-corrected chi connectivity index (χ4v) is 0.354. The molecule has 0 saturated carbocycles. The highest BCUT2D eigenvalue weighted by Gasteiger charge is 2.09. The lowest BCUT2D eigenvalue weighted by Gasteiger charge is -1.94. The molecule has 0 amide bonds. The van der Waals surface area contributed by atoms with Crippen molar-refractivity contribution in [2.24, 2.45) is 10.7 Å². The Morgan fingerprint density at radius 3 is 2.50 bits per heavy atom. The van der Waals surface area contributed by atoms with Gasteiger partial charge in [0.05, 0.1) is 6.34 Å². The lowest BCUT2D eigenvalue weighted by molar-refractivity contribution is 0.420. The van der Waals surface area contributed by atoms with E-state index in [1.54, 1.807) is 0 Å². The van der Waals surface area contributed by atoms with Crippen LogP contribution in [0.5, 0.6) is 0 Å². The van der Waals surface area contributed by atoms with Gasteiger partial charge in [0, 0.05) is 6.20 Å². The summed E-state index contributed by atoms with van der Waals surface area (Å²) in [6.07, 6.45) is 3.56. The molecular formula is C5H9BN2O2. The highest BCUT2D eigenvalue weighted by molar-refractivity contribution is 6.51. The molecule has 10 heavy (non-hydrogen) atoms. The molecule has 0 spiro atoms. The second-order valence-corrected chi connectivity index (χ2v) is 1.51. The Kier molecular flexibility index (Phi) is 4.27. The molecule has 0 radical (unpaired) electrons. The third kappa shape index (κ3) is 3.06. The molecular weight excluding hydrogens is 131 g/mol. The Hall–Kier alpha value is -1.07. The van der Waals surface area contributed by atoms with Crippen molar-refractivity contribution in [1.82, 2.24) is 0 Å². The monoisotopic (exact) mass is 140 g/mol. The molecule has 0 aromatic rings. The Morgan fingerprint density at radius 1 is 1.60 bits per heavy atom. The summed E-state index contributed by atoms with van der Waals surface area (Å²) in [5.41, 5.74) is 5.11. The number of hydrogen-bond acceptors (Lipinski definition) is 3. The van der Waals surface area contributed by atoms with E-state index in [-0.39, 0.29) is 5.47 Å². The van der Waals surface area contributed by atoms with Crippen molar-refractivity contribution in [2.45, 2.75) is 0 Å². The summed E-state index contributed by atoms with van der Waals surface area (Å²) in [4.78, 5) is 3.46. The van der Waals surface area contributed by atoms with Crippen LogP contribution in [0.25, 0.3) is 0 Å². The summed E-state index contributed by atoms with van der Waals surface area (Å²) in [6.45, 7) is 3.33. The van der Waals surface area contributed by atoms with Gasteiger partial charge in [0.1, 0.15) is 0 Å². The molecule has 0 fully saturated rings. The van der Waals surface area contributed by atoms with Gasteiger partial charge in [-0.15, -0.1) is 0 Å². The lowest BCUT2D eigenvalue weighted by atomic mass is 9.80. The first-order valence-corrected chi connectivity index (χ1v) is 2.64. The first kappa shape index (κ1) is 8.93. The average Bonchev–Trinajstić information content (AvgIpc) is 1.89. The normalized spacial score (nSPS) is 12.0. The van der Waals surface area contributed by atoms with Gasteiger partial charge in [0.2, 0.25) is 0 Å². The zero-order chi connectivity index (χ0) is 7.98. The summed E-state index contributed by atoms with van der Waals surface area (Å²) in [7, 11) is -1.54. The van der Waals surface area contributed by atoms with E-state index in [1.165, 1.54) is 12.3 Å². The molecule has 0 aliphatic heterocycles. The predicted molar refractivity (Wildman–Crippen MR) is 41.2 cm³/mol. The third-order valence-electron chi connectivity index (χ3n) is 0.844. The minimum atomic E-state index is -1.54. The summed E-state index contributed by atoms with van der Waals surface area (Å²) < 4.78 is 0. The van der Waals surface area contributed by atoms with Crippen molar-refractivity contribution in [3.63, 3.8) is 0 Å². The van der Waals surface area contributed by atoms with Crippen molar-refractivity contribution < 1.29 is 10.0 Å². The molecule has 4 nitrogen and oxygen atoms in total. The van der Waals surface area contributed by atoms with E-state index < -0.39 is 7.12 Å². The standard InChI is InChI=1S/C5H9BN2O2/c1-2-5(6(9)10)3-8-4-7/h2-4,9-10H,1H2,(H2,7,8)/b5-3+. The van der Waals surface area contributed by atoms with E-state index in [4.69, 9.17) is 15.8 Å². The number of allylic oxidation sites excluding steroid dienone is 2. The van der Waals surface area contributed by atoms with Gasteiger partial charge >= 0.3 is 7.12 Å². The van der Waals surface area contributed by atoms with E-state index in [0.29, 0.717) is 0 Å². The Labute approximate surface area is 59.5 Å². The maximum absolute atomic E-state index is 8.54. The maximum atomic E-state index is 8.54. The van der Waals surface area contributed by atoms with Crippen LogP contribution in [0.15, 0.2) is 29.3 Å². The molecule has 0 unspecified atom stereocenters. The highest BCUT2D eigenvalue weighted by atomic mass is 16.4. The van der Waals surface area contributed by atoms with Crippen LogP contribution in [0.1, 0.15) is 0 Å². The molecule has 0 atom stereocenters. The summed E-state index contributed by atoms with van der Waals surface area (Å²) in [6, 6.07) is 0. The van der Waals surface area contributed by atoms with Gasteiger partial charge in [0.25, 0.3) is 0 Å². The largest absolute Gasteiger partial charge is 0.489 e. The van der Waals surface area contributed by atoms with Gasteiger partial charge in [-0.1, -0.05) is 12.7 Å². The van der Waals surface area contributed by atoms with Gasteiger partial charge in [0.15, 0.2) is 0 Å². The molecule has 0 aliphatic rings. The van der Waals surface area contributed by atoms with E-state index in [0.717, 1.165) is 6.34 Å². The molecule has 5 heteroatoms. The Balaban J connectivity index is 4.18. The van der Waals surface area contributed by atoms with E-state index in [2.05, 4.69) is 11.6 Å². The third-order valence-corrected chi connectivity index (χ3v) is 0.844. The quantitative estimate of drug-likeness (QED) is 0.205. The van der Waals surface area contributed by atoms with Gasteiger partial charge in [-0.3, -0.25) is 0 Å². The van der Waals surface area contributed by atoms with Gasteiger partial charge in [-0.2, -0.15) is 0 Å². The van der Waals surface area contributed by atoms with Crippen LogP contribution in [0, 0.1) is 0 Å². The predicted octanol–water partition coefficient (Wildman–Crippen LogP) is -0.945. The molecule has 0 aliphatic carbocycles. The number of aliphatic imine (C=N–C) groups is 1. The SMILES string of the molecule is C=C/C(=C\N=C/N)B(O)O. The fraction of sp³-hybridized carbons (Fsp3) is 0. The van der Waals surface area contributed by atoms with Crippen LogP contribution in [0.3, 0.4) is 0 Å². The molecule has 0 aromatic carbocycles. The second-order valence-electron chi connectivity index (χ2n) is 1.51. The summed E-state index contributed by atoms with van der Waals surface area (Å²) in [5.74, 6) is 0. The minimum Gasteiger partial charge on any atom is -0.423 e. The molecule has 4 N–H and O–H groups in total. The molecule has 0 bridgehead atoms. The number of nitrogens with two attached hydrogens (primary N) is 1. The van der Waals surface area contributed by atoms with Crippen molar-refractivity contribution in [2.75, 3.05) is 0 Å². The average molecular weight is 140 g/mol. The molecule has 0 heterocycles. The van der Waals surface area contributed by atoms with Crippen LogP contribution in [0.2, 0.25) is 0 Å². The zero-order valence-electron chi connectivity index (χ0n) is 5.44. The second kappa shape index (κ2) is 4.78. The fourth-order valence-electron chi connectivity index (χ4n) is 0.354. The van der Waals surface area contributed by atoms with Crippen LogP contribution in [-0.4, -0.2) is 23.5 Å². The topological polar surface area (TPSA) is 78.8 Å². The van der Waals surface area contributed by atoms with E-state index in [1.807, 2.05) is 0 Å². The molecule has 0 rings (SSSR count). The van der Waals surface area contributed by atoms with E-state index in [9.17, 15) is 0 Å². The van der Waals surface area contributed by atoms with Crippen molar-refractivity contribution >= 4 is 13.5 Å². The summed E-state index contributed by atoms with van der Waals surface area (Å²) >= 11 is 0. The first-order chi connectivity index (χ1) is 4.72. The number of nitrogens with zero attached hydrogens (tertiary/aromatic N) is 1. The summed E-state index contributed by atoms with van der Waals surface area (Å²) in [5, 5.41) is 17.1. The number of hydrogen-bond donors (Lipinski definition) is 3. The molecule has 0 saturated heterocycles. The van der Waals surface area contributed by atoms with E-state index >= 15 is 0 Å². The van der Waals surface area contributed by atoms with Gasteiger partial charge in [-0.25, -0.2) is 4.99 Å². The van der Waals surface area contributed by atoms with Gasteiger partial charge in [-0.05, 0) is 5.47 Å². The van der Waals surface area contributed by atoms with Gasteiger partial charge < -0.3 is 15.8 Å². The van der Waals surface area contributed by atoms with Crippen LogP contribution >= 0.6 is 0 Å². The minimum absolute atomic E-state index is 0.210. The smallest absolute Gasteiger partial charge is 0.423 e. The van der Waals surface area contributed by atoms with Crippen molar-refractivity contribution in [3.05, 3.63) is 24.3 Å². The lowest BCUT2D eigenvalue weighted by Crippen LogP contribution is -2.13. The highest BCUT2D eigenvalue weighted by Crippen LogP contribution is 1.96. The zero-order valence-corrected chi connectivity index (χ0v) is 5.44. The Bertz CT molecular complexity index is 165. The van der Waals surface area contributed by atoms with Crippen molar-refractivity contribution in [1.29, 1.82) is 0 Å². The van der Waals surface area contributed by atoms with Crippen molar-refractivity contribution in [3.8, 4) is 0 Å². The van der Waals surface area contributed by atoms with Crippen LogP contribution in [0.4, 0.5) is 0 Å². The maximum Gasteiger partial charge on any atom is 0.489 e. The molecule has 54 valence electrons.